The second kappa shape index (κ2) is 14.7. The summed E-state index contributed by atoms with van der Waals surface area (Å²) in [6, 6.07) is 28.1. The Morgan fingerprint density at radius 1 is 0.905 bits per heavy atom. The molecule has 0 unspecified atom stereocenters. The zero-order valence-corrected chi connectivity index (χ0v) is 25.4. The molecule has 0 bridgehead atoms. The van der Waals surface area contributed by atoms with Crippen LogP contribution in [-0.2, 0) is 13.1 Å². The second-order valence-electron chi connectivity index (χ2n) is 9.71. The molecule has 1 N–H and O–H groups in total. The summed E-state index contributed by atoms with van der Waals surface area (Å²) >= 11 is 0. The largest absolute Gasteiger partial charge is 0.438 e. The Hall–Kier alpha value is -4.04. The van der Waals surface area contributed by atoms with Gasteiger partial charge in [0.05, 0.1) is 18.6 Å². The molecular weight excluding hydrogens is 593 g/mol. The number of aromatic nitrogens is 3. The molecule has 6 rings (SSSR count). The summed E-state index contributed by atoms with van der Waals surface area (Å²) in [5, 5.41) is 0. The van der Waals surface area contributed by atoms with E-state index in [2.05, 4.69) is 50.2 Å². The van der Waals surface area contributed by atoms with Crippen LogP contribution in [0.1, 0.15) is 27.2 Å². The molecule has 42 heavy (non-hydrogen) atoms. The number of anilines is 1. The lowest BCUT2D eigenvalue weighted by molar-refractivity contribution is 0.0748. The van der Waals surface area contributed by atoms with Crippen molar-refractivity contribution in [2.45, 2.75) is 20.0 Å². The number of fused-ring (bicyclic) bond motifs is 1. The minimum Gasteiger partial charge on any atom is -0.438 e. The zero-order valence-electron chi connectivity index (χ0n) is 23.0. The third-order valence-corrected chi connectivity index (χ3v) is 6.97. The first-order chi connectivity index (χ1) is 19.1. The summed E-state index contributed by atoms with van der Waals surface area (Å²) in [5.41, 5.74) is 7.07. The van der Waals surface area contributed by atoms with Gasteiger partial charge < -0.3 is 19.5 Å². The number of H-pyrrole nitrogens is 1. The van der Waals surface area contributed by atoms with Gasteiger partial charge in [-0.15, -0.1) is 37.2 Å². The van der Waals surface area contributed by atoms with Crippen molar-refractivity contribution >= 4 is 48.8 Å². The first-order valence-electron chi connectivity index (χ1n) is 13.0. The predicted octanol–water partition coefficient (Wildman–Crippen LogP) is 7.50. The highest BCUT2D eigenvalue weighted by Gasteiger charge is 2.27. The Morgan fingerprint density at radius 2 is 1.69 bits per heavy atom. The van der Waals surface area contributed by atoms with Gasteiger partial charge in [0.2, 0.25) is 5.88 Å². The van der Waals surface area contributed by atoms with Gasteiger partial charge >= 0.3 is 0 Å². The number of carbonyl (C=O) groups is 1. The lowest BCUT2D eigenvalue weighted by atomic mass is 10.0. The minimum absolute atomic E-state index is 0. The van der Waals surface area contributed by atoms with Crippen LogP contribution < -0.4 is 9.64 Å². The zero-order chi connectivity index (χ0) is 26.6. The van der Waals surface area contributed by atoms with Crippen molar-refractivity contribution in [1.82, 2.24) is 19.9 Å². The Kier molecular flexibility index (Phi) is 11.4. The monoisotopic (exact) mass is 623 g/mol. The molecule has 0 fully saturated rings. The van der Waals surface area contributed by atoms with Crippen LogP contribution in [0.3, 0.4) is 0 Å². The molecule has 7 nitrogen and oxygen atoms in total. The van der Waals surface area contributed by atoms with E-state index in [1.165, 1.54) is 0 Å². The molecule has 0 saturated carbocycles. The van der Waals surface area contributed by atoms with Crippen molar-refractivity contribution in [2.75, 3.05) is 18.0 Å². The number of nitrogens with one attached hydrogen (secondary N) is 1. The van der Waals surface area contributed by atoms with Crippen LogP contribution in [0.5, 0.6) is 11.6 Å². The van der Waals surface area contributed by atoms with E-state index >= 15 is 0 Å². The van der Waals surface area contributed by atoms with Crippen LogP contribution >= 0.6 is 37.2 Å². The van der Waals surface area contributed by atoms with Crippen LogP contribution in [0, 0.1) is 6.92 Å². The number of carbonyl (C=O) groups excluding carboxylic acids is 1. The van der Waals surface area contributed by atoms with Gasteiger partial charge in [0.15, 0.2) is 0 Å². The smallest absolute Gasteiger partial charge is 0.259 e. The Morgan fingerprint density at radius 3 is 2.43 bits per heavy atom. The van der Waals surface area contributed by atoms with Gasteiger partial charge in [-0.2, -0.15) is 0 Å². The van der Waals surface area contributed by atoms with E-state index in [-0.39, 0.29) is 43.1 Å². The quantitative estimate of drug-likeness (QED) is 0.212. The number of halogens is 3. The fourth-order valence-electron chi connectivity index (χ4n) is 4.91. The van der Waals surface area contributed by atoms with Gasteiger partial charge in [-0.05, 0) is 60.0 Å². The van der Waals surface area contributed by atoms with Gasteiger partial charge in [0, 0.05) is 37.7 Å². The summed E-state index contributed by atoms with van der Waals surface area (Å²) in [5.74, 6) is 0.848. The van der Waals surface area contributed by atoms with Crippen molar-refractivity contribution in [3.8, 4) is 22.8 Å². The number of aromatic amines is 1. The van der Waals surface area contributed by atoms with Crippen molar-refractivity contribution in [1.29, 1.82) is 0 Å². The van der Waals surface area contributed by atoms with Gasteiger partial charge in [-0.25, -0.2) is 9.97 Å². The SMILES string of the molecule is Cc1ccc(Oc2ncccc2C(=O)N2CCN(Cc3cnc[nH]3)c3ccc(-c4ccccc4)cc3C2)cc1.Cl.Cl.Cl. The Labute approximate surface area is 264 Å². The van der Waals surface area contributed by atoms with Gasteiger partial charge in [-0.1, -0.05) is 54.1 Å². The highest BCUT2D eigenvalue weighted by atomic mass is 35.5. The molecule has 2 aromatic heterocycles. The number of pyridine rings is 1. The van der Waals surface area contributed by atoms with Gasteiger partial charge in [0.25, 0.3) is 5.91 Å². The maximum Gasteiger partial charge on any atom is 0.259 e. The second-order valence-corrected chi connectivity index (χ2v) is 9.71. The molecule has 1 amide bonds. The van der Waals surface area contributed by atoms with E-state index < -0.39 is 0 Å². The van der Waals surface area contributed by atoms with Crippen LogP contribution in [0.2, 0.25) is 0 Å². The van der Waals surface area contributed by atoms with E-state index in [0.717, 1.165) is 33.6 Å². The molecule has 0 radical (unpaired) electrons. The van der Waals surface area contributed by atoms with Crippen molar-refractivity contribution in [3.05, 3.63) is 126 Å². The summed E-state index contributed by atoms with van der Waals surface area (Å²) < 4.78 is 6.07. The van der Waals surface area contributed by atoms with Gasteiger partial charge in [-0.3, -0.25) is 4.79 Å². The first kappa shape index (κ1) is 32.5. The van der Waals surface area contributed by atoms with E-state index in [1.54, 1.807) is 24.7 Å². The summed E-state index contributed by atoms with van der Waals surface area (Å²) in [6.45, 7) is 4.41. The maximum atomic E-state index is 14.0. The third-order valence-electron chi connectivity index (χ3n) is 6.97. The third kappa shape index (κ3) is 7.23. The minimum atomic E-state index is -0.107. The molecule has 1 aliphatic heterocycles. The molecule has 3 aromatic carbocycles. The van der Waals surface area contributed by atoms with Crippen LogP contribution in [0.15, 0.2) is 104 Å². The lowest BCUT2D eigenvalue weighted by Gasteiger charge is -2.24. The number of nitrogens with zero attached hydrogens (tertiary/aromatic N) is 4. The number of hydrogen-bond acceptors (Lipinski definition) is 5. The fourth-order valence-corrected chi connectivity index (χ4v) is 4.91. The van der Waals surface area contributed by atoms with E-state index in [0.29, 0.717) is 43.4 Å². The van der Waals surface area contributed by atoms with Gasteiger partial charge in [0.1, 0.15) is 11.3 Å². The predicted molar refractivity (Wildman–Crippen MR) is 173 cm³/mol. The molecule has 5 aromatic rings. The van der Waals surface area contributed by atoms with Crippen molar-refractivity contribution < 1.29 is 9.53 Å². The first-order valence-corrected chi connectivity index (χ1v) is 13.0. The number of amides is 1. The van der Waals surface area contributed by atoms with Crippen molar-refractivity contribution in [2.24, 2.45) is 0 Å². The molecular formula is C32H32Cl3N5O2. The topological polar surface area (TPSA) is 74.3 Å². The Bertz CT molecular complexity index is 1580. The molecule has 1 aliphatic rings. The molecule has 0 saturated heterocycles. The average Bonchev–Trinajstić information content (AvgIpc) is 3.42. The summed E-state index contributed by atoms with van der Waals surface area (Å²) in [6.07, 6.45) is 5.19. The average molecular weight is 625 g/mol. The molecule has 0 spiro atoms. The molecule has 218 valence electrons. The molecule has 10 heteroatoms. The van der Waals surface area contributed by atoms with E-state index in [4.69, 9.17) is 4.74 Å². The van der Waals surface area contributed by atoms with Crippen molar-refractivity contribution in [3.63, 3.8) is 0 Å². The standard InChI is InChI=1S/C32H29N5O2.3ClH/c1-23-9-12-28(13-10-23)39-31-29(8-5-15-34-31)32(38)37-17-16-36(21-27-19-33-22-35-27)30-14-11-25(18-26(30)20-37)24-6-3-2-4-7-24;;;/h2-15,18-19,22H,16-17,20-21H2,1H3,(H,33,35);3*1H. The van der Waals surface area contributed by atoms with Crippen LogP contribution in [-0.4, -0.2) is 38.8 Å². The summed E-state index contributed by atoms with van der Waals surface area (Å²) in [7, 11) is 0. The maximum absolute atomic E-state index is 14.0. The highest BCUT2D eigenvalue weighted by molar-refractivity contribution is 5.96. The van der Waals surface area contributed by atoms with Crippen LogP contribution in [0.25, 0.3) is 11.1 Å². The lowest BCUT2D eigenvalue weighted by Crippen LogP contribution is -2.35. The van der Waals surface area contributed by atoms with E-state index in [1.807, 2.05) is 60.5 Å². The van der Waals surface area contributed by atoms with Crippen LogP contribution in [0.4, 0.5) is 5.69 Å². The summed E-state index contributed by atoms with van der Waals surface area (Å²) in [4.78, 5) is 30.0. The van der Waals surface area contributed by atoms with E-state index in [9.17, 15) is 4.79 Å². The number of hydrogen-bond donors (Lipinski definition) is 1. The number of imidazole rings is 1. The fraction of sp³-hybridized carbons (Fsp3) is 0.156. The number of ether oxygens (including phenoxy) is 1. The number of rotatable bonds is 6. The normalized spacial score (nSPS) is 12.1. The highest BCUT2D eigenvalue weighted by Crippen LogP contribution is 2.33. The molecule has 0 atom stereocenters. The molecule has 3 heterocycles. The Balaban J connectivity index is 0.00000161. The number of benzene rings is 3. The number of aryl methyl sites for hydroxylation is 1. The molecule has 0 aliphatic carbocycles.